The SMILES string of the molecule is CCCCOCC(=O)N[C@@H](CCc1ccccc1)C(=O)N[C@@H](CC(C)C)C(=O)N[C@@H](Cc1ccccc1)C(=O)O. The molecule has 0 aliphatic carbocycles. The Kier molecular flexibility index (Phi) is 14.4. The van der Waals surface area contributed by atoms with Crippen LogP contribution in [0.2, 0.25) is 0 Å². The molecular formula is C31H43N3O6. The lowest BCUT2D eigenvalue weighted by Gasteiger charge is -2.25. The fourth-order valence-corrected chi connectivity index (χ4v) is 4.17. The van der Waals surface area contributed by atoms with Crippen LogP contribution in [-0.2, 0) is 36.8 Å². The zero-order valence-electron chi connectivity index (χ0n) is 23.7. The monoisotopic (exact) mass is 553 g/mol. The molecule has 0 fully saturated rings. The molecule has 3 amide bonds. The molecule has 3 atom stereocenters. The highest BCUT2D eigenvalue weighted by Crippen LogP contribution is 2.10. The number of hydrogen-bond donors (Lipinski definition) is 4. The molecule has 0 aliphatic heterocycles. The zero-order valence-corrected chi connectivity index (χ0v) is 23.7. The summed E-state index contributed by atoms with van der Waals surface area (Å²) in [4.78, 5) is 51.2. The molecule has 9 nitrogen and oxygen atoms in total. The number of hydrogen-bond acceptors (Lipinski definition) is 5. The Morgan fingerprint density at radius 3 is 1.95 bits per heavy atom. The first-order valence-electron chi connectivity index (χ1n) is 14.0. The van der Waals surface area contributed by atoms with Crippen molar-refractivity contribution < 1.29 is 29.0 Å². The molecule has 0 radical (unpaired) electrons. The minimum Gasteiger partial charge on any atom is -0.480 e. The smallest absolute Gasteiger partial charge is 0.326 e. The fourth-order valence-electron chi connectivity index (χ4n) is 4.17. The van der Waals surface area contributed by atoms with Gasteiger partial charge in [0.2, 0.25) is 17.7 Å². The Balaban J connectivity index is 2.13. The molecule has 0 unspecified atom stereocenters. The van der Waals surface area contributed by atoms with E-state index >= 15 is 0 Å². The third kappa shape index (κ3) is 12.4. The highest BCUT2D eigenvalue weighted by atomic mass is 16.5. The Morgan fingerprint density at radius 2 is 1.38 bits per heavy atom. The highest BCUT2D eigenvalue weighted by molar-refractivity contribution is 5.93. The van der Waals surface area contributed by atoms with Crippen LogP contribution >= 0.6 is 0 Å². The van der Waals surface area contributed by atoms with E-state index in [4.69, 9.17) is 4.74 Å². The number of carbonyl (C=O) groups is 4. The van der Waals surface area contributed by atoms with Gasteiger partial charge in [-0.25, -0.2) is 4.79 Å². The van der Waals surface area contributed by atoms with Gasteiger partial charge in [-0.3, -0.25) is 14.4 Å². The maximum Gasteiger partial charge on any atom is 0.326 e. The summed E-state index contributed by atoms with van der Waals surface area (Å²) in [5.41, 5.74) is 1.78. The number of rotatable bonds is 18. The largest absolute Gasteiger partial charge is 0.480 e. The second-order valence-electron chi connectivity index (χ2n) is 10.3. The molecule has 0 spiro atoms. The Hall–Kier alpha value is -3.72. The van der Waals surface area contributed by atoms with Crippen molar-refractivity contribution in [3.63, 3.8) is 0 Å². The van der Waals surface area contributed by atoms with Crippen LogP contribution in [0, 0.1) is 5.92 Å². The van der Waals surface area contributed by atoms with E-state index in [1.165, 1.54) is 0 Å². The minimum absolute atomic E-state index is 0.0396. The van der Waals surface area contributed by atoms with E-state index in [0.29, 0.717) is 25.9 Å². The van der Waals surface area contributed by atoms with Crippen LogP contribution in [0.25, 0.3) is 0 Å². The van der Waals surface area contributed by atoms with Crippen LogP contribution in [0.3, 0.4) is 0 Å². The first-order chi connectivity index (χ1) is 19.2. The van der Waals surface area contributed by atoms with Gasteiger partial charge in [-0.15, -0.1) is 0 Å². The van der Waals surface area contributed by atoms with Gasteiger partial charge in [-0.05, 0) is 42.7 Å². The van der Waals surface area contributed by atoms with Gasteiger partial charge in [0.05, 0.1) is 0 Å². The van der Waals surface area contributed by atoms with E-state index in [9.17, 15) is 24.3 Å². The number of unbranched alkanes of at least 4 members (excludes halogenated alkanes) is 1. The quantitative estimate of drug-likeness (QED) is 0.209. The topological polar surface area (TPSA) is 134 Å². The molecule has 0 bridgehead atoms. The number of aryl methyl sites for hydroxylation is 1. The van der Waals surface area contributed by atoms with E-state index in [0.717, 1.165) is 24.0 Å². The summed E-state index contributed by atoms with van der Waals surface area (Å²) in [6.45, 7) is 6.14. The van der Waals surface area contributed by atoms with E-state index in [1.807, 2.05) is 57.2 Å². The van der Waals surface area contributed by atoms with Crippen molar-refractivity contribution in [2.45, 2.75) is 77.4 Å². The molecule has 218 valence electrons. The first-order valence-corrected chi connectivity index (χ1v) is 14.0. The van der Waals surface area contributed by atoms with Crippen LogP contribution in [0.15, 0.2) is 60.7 Å². The van der Waals surface area contributed by atoms with Crippen LogP contribution in [0.4, 0.5) is 0 Å². The number of benzene rings is 2. The maximum atomic E-state index is 13.4. The third-order valence-electron chi connectivity index (χ3n) is 6.33. The molecule has 0 heterocycles. The number of nitrogens with one attached hydrogen (secondary N) is 3. The molecule has 9 heteroatoms. The molecule has 2 aromatic carbocycles. The number of carboxylic acid groups (broad SMARTS) is 1. The molecule has 0 saturated heterocycles. The van der Waals surface area contributed by atoms with Crippen molar-refractivity contribution in [3.05, 3.63) is 71.8 Å². The maximum absolute atomic E-state index is 13.4. The summed E-state index contributed by atoms with van der Waals surface area (Å²) in [5.74, 6) is -2.63. The number of aliphatic carboxylic acids is 1. The Labute approximate surface area is 237 Å². The standard InChI is InChI=1S/C31H43N3O6/c1-4-5-18-40-21-28(35)32-25(17-16-23-12-8-6-9-13-23)29(36)33-26(19-22(2)3)30(37)34-27(31(38)39)20-24-14-10-7-11-15-24/h6-15,22,25-27H,4-5,16-21H2,1-3H3,(H,32,35)(H,33,36)(H,34,37)(H,38,39)/t25-,26-,27-/m0/s1. The molecule has 0 aliphatic rings. The Bertz CT molecular complexity index is 1060. The van der Waals surface area contributed by atoms with Crippen LogP contribution < -0.4 is 16.0 Å². The van der Waals surface area contributed by atoms with Gasteiger partial charge in [0.25, 0.3) is 0 Å². The van der Waals surface area contributed by atoms with Crippen molar-refractivity contribution in [1.29, 1.82) is 0 Å². The van der Waals surface area contributed by atoms with E-state index in [2.05, 4.69) is 16.0 Å². The number of carboxylic acids is 1. The average Bonchev–Trinajstić information content (AvgIpc) is 2.93. The fraction of sp³-hybridized carbons (Fsp3) is 0.484. The normalized spacial score (nSPS) is 13.2. The molecule has 2 aromatic rings. The van der Waals surface area contributed by atoms with E-state index in [1.54, 1.807) is 24.3 Å². The van der Waals surface area contributed by atoms with Gasteiger partial charge in [0, 0.05) is 13.0 Å². The van der Waals surface area contributed by atoms with Gasteiger partial charge in [-0.2, -0.15) is 0 Å². The second-order valence-corrected chi connectivity index (χ2v) is 10.3. The zero-order chi connectivity index (χ0) is 29.3. The Morgan fingerprint density at radius 1 is 0.800 bits per heavy atom. The van der Waals surface area contributed by atoms with E-state index < -0.39 is 41.8 Å². The summed E-state index contributed by atoms with van der Waals surface area (Å²) >= 11 is 0. The van der Waals surface area contributed by atoms with Gasteiger partial charge >= 0.3 is 5.97 Å². The van der Waals surface area contributed by atoms with E-state index in [-0.39, 0.29) is 18.9 Å². The number of carbonyl (C=O) groups excluding carboxylic acids is 3. The predicted molar refractivity (Wildman–Crippen MR) is 154 cm³/mol. The van der Waals surface area contributed by atoms with Gasteiger partial charge < -0.3 is 25.8 Å². The lowest BCUT2D eigenvalue weighted by atomic mass is 10.00. The molecule has 4 N–H and O–H groups in total. The molecule has 40 heavy (non-hydrogen) atoms. The third-order valence-corrected chi connectivity index (χ3v) is 6.33. The van der Waals surface area contributed by atoms with Crippen LogP contribution in [0.1, 0.15) is 57.6 Å². The molecular weight excluding hydrogens is 510 g/mol. The summed E-state index contributed by atoms with van der Waals surface area (Å²) in [5, 5.41) is 17.9. The van der Waals surface area contributed by atoms with Crippen molar-refractivity contribution in [1.82, 2.24) is 16.0 Å². The predicted octanol–water partition coefficient (Wildman–Crippen LogP) is 3.26. The summed E-state index contributed by atoms with van der Waals surface area (Å²) < 4.78 is 5.40. The highest BCUT2D eigenvalue weighted by Gasteiger charge is 2.30. The summed E-state index contributed by atoms with van der Waals surface area (Å²) in [6, 6.07) is 15.6. The van der Waals surface area contributed by atoms with Crippen molar-refractivity contribution in [2.24, 2.45) is 5.92 Å². The molecule has 0 saturated carbocycles. The van der Waals surface area contributed by atoms with Gasteiger partial charge in [-0.1, -0.05) is 87.9 Å². The second kappa shape index (κ2) is 17.8. The van der Waals surface area contributed by atoms with Crippen molar-refractivity contribution in [3.8, 4) is 0 Å². The van der Waals surface area contributed by atoms with Gasteiger partial charge in [0.1, 0.15) is 24.7 Å². The average molecular weight is 554 g/mol. The summed E-state index contributed by atoms with van der Waals surface area (Å²) in [7, 11) is 0. The van der Waals surface area contributed by atoms with Crippen LogP contribution in [0.5, 0.6) is 0 Å². The van der Waals surface area contributed by atoms with Crippen molar-refractivity contribution >= 4 is 23.7 Å². The van der Waals surface area contributed by atoms with Gasteiger partial charge in [0.15, 0.2) is 0 Å². The number of ether oxygens (including phenoxy) is 1. The molecule has 0 aromatic heterocycles. The van der Waals surface area contributed by atoms with Crippen molar-refractivity contribution in [2.75, 3.05) is 13.2 Å². The lowest BCUT2D eigenvalue weighted by molar-refractivity contribution is -0.142. The lowest BCUT2D eigenvalue weighted by Crippen LogP contribution is -2.56. The number of amides is 3. The van der Waals surface area contributed by atoms with Crippen LogP contribution in [-0.4, -0.2) is 60.1 Å². The minimum atomic E-state index is -1.16. The molecule has 2 rings (SSSR count). The summed E-state index contributed by atoms with van der Waals surface area (Å²) in [6.07, 6.45) is 3.04. The first kappa shape index (κ1) is 32.5.